The Kier molecular flexibility index (Phi) is 5.33. The van der Waals surface area contributed by atoms with Gasteiger partial charge in [-0.25, -0.2) is 9.55 Å². The van der Waals surface area contributed by atoms with Crippen LogP contribution in [0.1, 0.15) is 5.56 Å². The lowest BCUT2D eigenvalue weighted by molar-refractivity contribution is -0.384. The number of aromatic hydroxyl groups is 1. The van der Waals surface area contributed by atoms with Gasteiger partial charge in [0.15, 0.2) is 0 Å². The van der Waals surface area contributed by atoms with Gasteiger partial charge in [-0.3, -0.25) is 20.3 Å². The topological polar surface area (TPSA) is 123 Å². The first kappa shape index (κ1) is 20.0. The van der Waals surface area contributed by atoms with Crippen molar-refractivity contribution in [3.05, 3.63) is 97.9 Å². The fraction of sp³-hybridized carbons (Fsp3) is 0. The van der Waals surface area contributed by atoms with E-state index in [2.05, 4.69) is 15.5 Å². The summed E-state index contributed by atoms with van der Waals surface area (Å²) >= 11 is 5.88. The van der Waals surface area contributed by atoms with Gasteiger partial charge < -0.3 is 5.11 Å². The number of benzene rings is 2. The Morgan fingerprint density at radius 2 is 1.81 bits per heavy atom. The van der Waals surface area contributed by atoms with Gasteiger partial charge in [0.25, 0.3) is 11.2 Å². The molecule has 10 heteroatoms. The summed E-state index contributed by atoms with van der Waals surface area (Å²) in [6, 6.07) is 15.8. The van der Waals surface area contributed by atoms with E-state index in [4.69, 9.17) is 11.6 Å². The molecule has 0 aliphatic heterocycles. The van der Waals surface area contributed by atoms with Gasteiger partial charge in [0, 0.05) is 23.0 Å². The van der Waals surface area contributed by atoms with Crippen molar-refractivity contribution >= 4 is 40.0 Å². The smallest absolute Gasteiger partial charge is 0.294 e. The van der Waals surface area contributed by atoms with Gasteiger partial charge in [0.2, 0.25) is 5.88 Å². The Morgan fingerprint density at radius 1 is 1.10 bits per heavy atom. The first-order valence-electron chi connectivity index (χ1n) is 8.98. The molecule has 0 spiro atoms. The third kappa shape index (κ3) is 3.81. The van der Waals surface area contributed by atoms with E-state index in [0.29, 0.717) is 15.8 Å². The molecule has 0 radical (unpaired) electrons. The lowest BCUT2D eigenvalue weighted by atomic mass is 10.1. The number of hydrogen-bond donors (Lipinski definition) is 2. The number of hydrogen-bond acceptors (Lipinski definition) is 7. The molecular formula is C21H14ClN5O4. The van der Waals surface area contributed by atoms with Crippen molar-refractivity contribution in [2.24, 2.45) is 5.10 Å². The molecule has 2 aromatic carbocycles. The van der Waals surface area contributed by atoms with Crippen molar-refractivity contribution < 1.29 is 10.0 Å². The summed E-state index contributed by atoms with van der Waals surface area (Å²) in [5.41, 5.74) is 2.41. The molecule has 0 atom stereocenters. The van der Waals surface area contributed by atoms with Crippen LogP contribution in [0.4, 0.5) is 11.4 Å². The molecule has 9 nitrogen and oxygen atoms in total. The molecule has 0 amide bonds. The Hall–Kier alpha value is -4.24. The van der Waals surface area contributed by atoms with Gasteiger partial charge in [-0.2, -0.15) is 5.10 Å². The molecule has 4 aromatic rings. The number of halogens is 1. The summed E-state index contributed by atoms with van der Waals surface area (Å²) in [7, 11) is 0. The number of para-hydroxylation sites is 2. The van der Waals surface area contributed by atoms with Gasteiger partial charge in [0.05, 0.1) is 21.7 Å². The van der Waals surface area contributed by atoms with Crippen molar-refractivity contribution in [2.45, 2.75) is 0 Å². The van der Waals surface area contributed by atoms with Crippen molar-refractivity contribution in [1.82, 2.24) is 9.55 Å². The van der Waals surface area contributed by atoms with Crippen LogP contribution in [0, 0.1) is 10.1 Å². The Labute approximate surface area is 180 Å². The number of hydrazone groups is 1. The van der Waals surface area contributed by atoms with E-state index in [-0.39, 0.29) is 28.6 Å². The number of rotatable bonds is 5. The van der Waals surface area contributed by atoms with Gasteiger partial charge in [0.1, 0.15) is 11.5 Å². The number of anilines is 1. The minimum atomic E-state index is -0.531. The van der Waals surface area contributed by atoms with E-state index < -0.39 is 10.5 Å². The zero-order valence-corrected chi connectivity index (χ0v) is 16.5. The Balaban J connectivity index is 1.84. The largest absolute Gasteiger partial charge is 0.494 e. The molecule has 0 bridgehead atoms. The zero-order valence-electron chi connectivity index (χ0n) is 15.8. The molecule has 2 aromatic heterocycles. The highest BCUT2D eigenvalue weighted by atomic mass is 35.5. The average molecular weight is 436 g/mol. The summed E-state index contributed by atoms with van der Waals surface area (Å²) in [4.78, 5) is 27.7. The molecule has 0 saturated carbocycles. The first-order valence-corrected chi connectivity index (χ1v) is 9.36. The van der Waals surface area contributed by atoms with Gasteiger partial charge in [-0.15, -0.1) is 0 Å². The molecular weight excluding hydrogens is 422 g/mol. The molecule has 31 heavy (non-hydrogen) atoms. The molecule has 0 aliphatic carbocycles. The number of nitro benzene ring substituents is 1. The second kappa shape index (κ2) is 8.25. The highest BCUT2D eigenvalue weighted by Gasteiger charge is 2.17. The highest BCUT2D eigenvalue weighted by Crippen LogP contribution is 2.26. The fourth-order valence-corrected chi connectivity index (χ4v) is 3.21. The third-order valence-corrected chi connectivity index (χ3v) is 4.75. The summed E-state index contributed by atoms with van der Waals surface area (Å²) in [6.07, 6.45) is 2.65. The number of fused-ring (bicyclic) bond motifs is 1. The molecule has 4 rings (SSSR count). The van der Waals surface area contributed by atoms with E-state index in [1.807, 2.05) is 0 Å². The highest BCUT2D eigenvalue weighted by molar-refractivity contribution is 6.30. The maximum absolute atomic E-state index is 13.0. The number of pyridine rings is 2. The molecule has 0 unspecified atom stereocenters. The Morgan fingerprint density at radius 3 is 2.52 bits per heavy atom. The minimum absolute atomic E-state index is 0.149. The predicted molar refractivity (Wildman–Crippen MR) is 118 cm³/mol. The maximum atomic E-state index is 13.0. The molecule has 0 fully saturated rings. The minimum Gasteiger partial charge on any atom is -0.494 e. The van der Waals surface area contributed by atoms with Crippen LogP contribution in [0.5, 0.6) is 5.88 Å². The number of nitro groups is 1. The van der Waals surface area contributed by atoms with Crippen LogP contribution < -0.4 is 11.0 Å². The fourth-order valence-electron chi connectivity index (χ4n) is 3.10. The monoisotopic (exact) mass is 435 g/mol. The van der Waals surface area contributed by atoms with Crippen molar-refractivity contribution in [3.8, 4) is 11.7 Å². The molecule has 2 heterocycles. The van der Waals surface area contributed by atoms with Crippen molar-refractivity contribution in [1.29, 1.82) is 0 Å². The lowest BCUT2D eigenvalue weighted by Gasteiger charge is -2.13. The predicted octanol–water partition coefficient (Wildman–Crippen LogP) is 4.10. The van der Waals surface area contributed by atoms with Crippen LogP contribution >= 0.6 is 11.6 Å². The van der Waals surface area contributed by atoms with Crippen LogP contribution in [-0.4, -0.2) is 25.8 Å². The second-order valence-electron chi connectivity index (χ2n) is 6.40. The average Bonchev–Trinajstić information content (AvgIpc) is 2.77. The van der Waals surface area contributed by atoms with E-state index in [1.165, 1.54) is 30.6 Å². The maximum Gasteiger partial charge on any atom is 0.294 e. The van der Waals surface area contributed by atoms with Crippen molar-refractivity contribution in [3.63, 3.8) is 0 Å². The standard InChI is InChI=1S/C21H14ClN5O4/c22-13-9-10-19(23-11-13)26-20(28)15-6-2-1-5-14(15)16(21(26)29)12-24-25-17-7-3-4-8-18(17)27(30)31/h1-12,25,29H. The van der Waals surface area contributed by atoms with Crippen LogP contribution in [0.15, 0.2) is 76.8 Å². The quantitative estimate of drug-likeness (QED) is 0.276. The summed E-state index contributed by atoms with van der Waals surface area (Å²) in [6.45, 7) is 0. The lowest BCUT2D eigenvalue weighted by Crippen LogP contribution is -2.21. The van der Waals surface area contributed by atoms with Crippen LogP contribution in [0.2, 0.25) is 5.02 Å². The van der Waals surface area contributed by atoms with E-state index in [9.17, 15) is 20.0 Å². The van der Waals surface area contributed by atoms with E-state index in [1.54, 1.807) is 42.5 Å². The third-order valence-electron chi connectivity index (χ3n) is 4.52. The van der Waals surface area contributed by atoms with E-state index >= 15 is 0 Å². The molecule has 0 saturated heterocycles. The number of nitrogens with zero attached hydrogens (tertiary/aromatic N) is 4. The Bertz CT molecular complexity index is 1380. The summed E-state index contributed by atoms with van der Waals surface area (Å²) < 4.78 is 1.05. The molecule has 2 N–H and O–H groups in total. The molecule has 0 aliphatic rings. The number of aromatic nitrogens is 2. The normalized spacial score (nSPS) is 11.1. The first-order chi connectivity index (χ1) is 15.0. The van der Waals surface area contributed by atoms with Crippen LogP contribution in [0.3, 0.4) is 0 Å². The van der Waals surface area contributed by atoms with Crippen LogP contribution in [-0.2, 0) is 0 Å². The zero-order chi connectivity index (χ0) is 22.0. The van der Waals surface area contributed by atoms with Gasteiger partial charge in [-0.05, 0) is 24.3 Å². The molecule has 154 valence electrons. The van der Waals surface area contributed by atoms with Crippen molar-refractivity contribution in [2.75, 3.05) is 5.43 Å². The number of nitrogens with one attached hydrogen (secondary N) is 1. The summed E-state index contributed by atoms with van der Waals surface area (Å²) in [5, 5.41) is 27.3. The van der Waals surface area contributed by atoms with E-state index in [0.717, 1.165) is 4.57 Å². The summed E-state index contributed by atoms with van der Waals surface area (Å²) in [5.74, 6) is -0.203. The van der Waals surface area contributed by atoms with Gasteiger partial charge in [-0.1, -0.05) is 41.9 Å². The second-order valence-corrected chi connectivity index (χ2v) is 6.84. The van der Waals surface area contributed by atoms with Crippen LogP contribution in [0.25, 0.3) is 16.6 Å². The van der Waals surface area contributed by atoms with Gasteiger partial charge >= 0.3 is 0 Å². The SMILES string of the molecule is O=c1c2ccccc2c(C=NNc2ccccc2[N+](=O)[O-])c(O)n1-c1ccc(Cl)cn1.